The Labute approximate surface area is 142 Å². The highest BCUT2D eigenvalue weighted by Crippen LogP contribution is 2.14. The van der Waals surface area contributed by atoms with Crippen LogP contribution in [-0.4, -0.2) is 68.3 Å². The van der Waals surface area contributed by atoms with Gasteiger partial charge in [-0.1, -0.05) is 0 Å². The number of carbonyl (C=O) groups is 3. The number of carbonyl (C=O) groups excluding carboxylic acids is 3. The van der Waals surface area contributed by atoms with E-state index in [9.17, 15) is 14.4 Å². The minimum atomic E-state index is -0.300. The van der Waals surface area contributed by atoms with Gasteiger partial charge in [0.25, 0.3) is 0 Å². The molecule has 0 spiro atoms. The van der Waals surface area contributed by atoms with Gasteiger partial charge in [-0.05, 0) is 32.6 Å². The molecule has 0 atom stereocenters. The molecule has 2 aliphatic heterocycles. The first-order valence-electron chi connectivity index (χ1n) is 8.66. The van der Waals surface area contributed by atoms with Gasteiger partial charge in [0.15, 0.2) is 0 Å². The van der Waals surface area contributed by atoms with Crippen molar-refractivity contribution in [3.63, 3.8) is 0 Å². The summed E-state index contributed by atoms with van der Waals surface area (Å²) in [6.07, 6.45) is 2.50. The van der Waals surface area contributed by atoms with Crippen molar-refractivity contribution >= 4 is 17.9 Å². The van der Waals surface area contributed by atoms with Crippen molar-refractivity contribution in [2.24, 2.45) is 5.92 Å². The average molecular weight is 341 g/mol. The molecule has 0 radical (unpaired) electrons. The lowest BCUT2D eigenvalue weighted by Gasteiger charge is -2.31. The summed E-state index contributed by atoms with van der Waals surface area (Å²) in [5, 5.41) is 5.61. The van der Waals surface area contributed by atoms with E-state index < -0.39 is 0 Å². The maximum atomic E-state index is 12.0. The molecular formula is C16H27N3O5. The van der Waals surface area contributed by atoms with Gasteiger partial charge >= 0.3 is 6.09 Å². The Morgan fingerprint density at radius 2 is 1.79 bits per heavy atom. The Morgan fingerprint density at radius 1 is 1.12 bits per heavy atom. The van der Waals surface area contributed by atoms with Crippen LogP contribution in [0.4, 0.5) is 4.79 Å². The number of rotatable bonds is 5. The number of nitrogens with zero attached hydrogens (tertiary/aromatic N) is 1. The van der Waals surface area contributed by atoms with E-state index in [2.05, 4.69) is 10.6 Å². The Balaban J connectivity index is 1.62. The summed E-state index contributed by atoms with van der Waals surface area (Å²) in [7, 11) is 0. The molecule has 24 heavy (non-hydrogen) atoms. The highest BCUT2D eigenvalue weighted by atomic mass is 16.6. The van der Waals surface area contributed by atoms with Crippen molar-refractivity contribution in [3.8, 4) is 0 Å². The van der Waals surface area contributed by atoms with E-state index in [1.807, 2.05) is 0 Å². The first-order chi connectivity index (χ1) is 11.6. The van der Waals surface area contributed by atoms with Crippen LogP contribution in [0.2, 0.25) is 0 Å². The lowest BCUT2D eigenvalue weighted by Crippen LogP contribution is -2.49. The van der Waals surface area contributed by atoms with Crippen LogP contribution in [0.15, 0.2) is 0 Å². The Morgan fingerprint density at radius 3 is 2.42 bits per heavy atom. The van der Waals surface area contributed by atoms with Crippen molar-refractivity contribution < 1.29 is 23.9 Å². The van der Waals surface area contributed by atoms with Crippen molar-refractivity contribution in [1.29, 1.82) is 0 Å². The molecule has 0 unspecified atom stereocenters. The largest absolute Gasteiger partial charge is 0.450 e. The Bertz CT molecular complexity index is 443. The summed E-state index contributed by atoms with van der Waals surface area (Å²) in [4.78, 5) is 37.2. The molecule has 0 bridgehead atoms. The molecule has 2 rings (SSSR count). The molecule has 3 amide bonds. The van der Waals surface area contributed by atoms with Crippen molar-refractivity contribution in [2.75, 3.05) is 39.5 Å². The van der Waals surface area contributed by atoms with Crippen molar-refractivity contribution in [1.82, 2.24) is 15.5 Å². The van der Waals surface area contributed by atoms with E-state index in [1.54, 1.807) is 11.8 Å². The molecule has 0 aromatic heterocycles. The quantitative estimate of drug-likeness (QED) is 0.748. The van der Waals surface area contributed by atoms with Crippen molar-refractivity contribution in [2.45, 2.75) is 38.6 Å². The highest BCUT2D eigenvalue weighted by Gasteiger charge is 2.25. The van der Waals surface area contributed by atoms with Gasteiger partial charge in [-0.2, -0.15) is 0 Å². The van der Waals surface area contributed by atoms with E-state index in [-0.39, 0.29) is 36.4 Å². The van der Waals surface area contributed by atoms with E-state index in [0.29, 0.717) is 58.6 Å². The van der Waals surface area contributed by atoms with Gasteiger partial charge in [0.05, 0.1) is 13.2 Å². The molecule has 0 aromatic rings. The highest BCUT2D eigenvalue weighted by molar-refractivity contribution is 5.86. The predicted octanol–water partition coefficient (Wildman–Crippen LogP) is 0.266. The van der Waals surface area contributed by atoms with Crippen LogP contribution in [0, 0.1) is 5.92 Å². The van der Waals surface area contributed by atoms with Gasteiger partial charge in [0, 0.05) is 38.3 Å². The Kier molecular flexibility index (Phi) is 7.30. The molecular weight excluding hydrogens is 314 g/mol. The van der Waals surface area contributed by atoms with Crippen LogP contribution in [0.1, 0.15) is 32.6 Å². The number of hydrogen-bond acceptors (Lipinski definition) is 5. The topological polar surface area (TPSA) is 97.0 Å². The number of amides is 3. The number of piperidine rings is 1. The summed E-state index contributed by atoms with van der Waals surface area (Å²) in [5.41, 5.74) is 0. The van der Waals surface area contributed by atoms with E-state index in [4.69, 9.17) is 9.47 Å². The summed E-state index contributed by atoms with van der Waals surface area (Å²) < 4.78 is 10.2. The fourth-order valence-electron chi connectivity index (χ4n) is 2.97. The van der Waals surface area contributed by atoms with Crippen LogP contribution >= 0.6 is 0 Å². The summed E-state index contributed by atoms with van der Waals surface area (Å²) in [6.45, 7) is 4.47. The van der Waals surface area contributed by atoms with Crippen LogP contribution in [0.3, 0.4) is 0 Å². The van der Waals surface area contributed by atoms with Gasteiger partial charge in [0.1, 0.15) is 0 Å². The fraction of sp³-hybridized carbons (Fsp3) is 0.812. The maximum Gasteiger partial charge on any atom is 0.409 e. The Hall–Kier alpha value is -1.83. The van der Waals surface area contributed by atoms with Gasteiger partial charge in [-0.3, -0.25) is 9.59 Å². The molecule has 8 heteroatoms. The molecule has 2 N–H and O–H groups in total. The minimum absolute atomic E-state index is 0.00567. The van der Waals surface area contributed by atoms with Crippen molar-refractivity contribution in [3.05, 3.63) is 0 Å². The lowest BCUT2D eigenvalue weighted by atomic mass is 9.99. The number of hydrogen-bond donors (Lipinski definition) is 2. The third-order valence-electron chi connectivity index (χ3n) is 4.40. The lowest BCUT2D eigenvalue weighted by molar-refractivity contribution is -0.130. The summed E-state index contributed by atoms with van der Waals surface area (Å²) in [5.74, 6) is -0.324. The van der Waals surface area contributed by atoms with Crippen LogP contribution < -0.4 is 10.6 Å². The predicted molar refractivity (Wildman–Crippen MR) is 86.3 cm³/mol. The zero-order valence-electron chi connectivity index (χ0n) is 14.2. The summed E-state index contributed by atoms with van der Waals surface area (Å²) in [6, 6.07) is 0.0307. The standard InChI is InChI=1S/C16H27N3O5/c1-2-24-16(22)19-7-3-13(4-8-19)18-14(20)11-17-15(21)12-5-9-23-10-6-12/h12-13H,2-11H2,1H3,(H,17,21)(H,18,20). The second-order valence-electron chi connectivity index (χ2n) is 6.13. The summed E-state index contributed by atoms with van der Waals surface area (Å²) >= 11 is 0. The number of nitrogens with one attached hydrogen (secondary N) is 2. The first kappa shape index (κ1) is 18.5. The van der Waals surface area contributed by atoms with Gasteiger partial charge < -0.3 is 25.0 Å². The molecule has 0 aromatic carbocycles. The first-order valence-corrected chi connectivity index (χ1v) is 8.66. The molecule has 0 aliphatic carbocycles. The minimum Gasteiger partial charge on any atom is -0.450 e. The van der Waals surface area contributed by atoms with E-state index in [1.165, 1.54) is 0 Å². The third-order valence-corrected chi connectivity index (χ3v) is 4.40. The number of ether oxygens (including phenoxy) is 2. The van der Waals surface area contributed by atoms with Crippen LogP contribution in [-0.2, 0) is 19.1 Å². The molecule has 8 nitrogen and oxygen atoms in total. The van der Waals surface area contributed by atoms with E-state index in [0.717, 1.165) is 0 Å². The molecule has 2 saturated heterocycles. The fourth-order valence-corrected chi connectivity index (χ4v) is 2.97. The van der Waals surface area contributed by atoms with Gasteiger partial charge in [-0.15, -0.1) is 0 Å². The normalized spacial score (nSPS) is 19.6. The van der Waals surface area contributed by atoms with E-state index >= 15 is 0 Å². The monoisotopic (exact) mass is 341 g/mol. The zero-order chi connectivity index (χ0) is 17.4. The van der Waals surface area contributed by atoms with Crippen LogP contribution in [0.5, 0.6) is 0 Å². The third kappa shape index (κ3) is 5.67. The van der Waals surface area contributed by atoms with Gasteiger partial charge in [-0.25, -0.2) is 4.79 Å². The molecule has 2 aliphatic rings. The second kappa shape index (κ2) is 9.46. The molecule has 2 fully saturated rings. The van der Waals surface area contributed by atoms with Gasteiger partial charge in [0.2, 0.25) is 11.8 Å². The van der Waals surface area contributed by atoms with Crippen LogP contribution in [0.25, 0.3) is 0 Å². The molecule has 2 heterocycles. The molecule has 0 saturated carbocycles. The maximum absolute atomic E-state index is 12.0. The smallest absolute Gasteiger partial charge is 0.409 e. The number of likely N-dealkylation sites (tertiary alicyclic amines) is 1. The molecule has 136 valence electrons. The second-order valence-corrected chi connectivity index (χ2v) is 6.13. The zero-order valence-corrected chi connectivity index (χ0v) is 14.2. The SMILES string of the molecule is CCOC(=O)N1CCC(NC(=O)CNC(=O)C2CCOCC2)CC1. The average Bonchev–Trinajstić information content (AvgIpc) is 2.61.